The highest BCUT2D eigenvalue weighted by molar-refractivity contribution is 5.85. The van der Waals surface area contributed by atoms with Gasteiger partial charge in [0, 0.05) is 17.7 Å². The summed E-state index contributed by atoms with van der Waals surface area (Å²) in [5.74, 6) is 2.55. The number of ether oxygens (including phenoxy) is 4. The highest BCUT2D eigenvalue weighted by Gasteiger charge is 2.36. The molecule has 0 fully saturated rings. The molecule has 0 N–H and O–H groups in total. The first-order valence-electron chi connectivity index (χ1n) is 12.7. The first-order chi connectivity index (χ1) is 16.8. The molecule has 2 aromatic carbocycles. The van der Waals surface area contributed by atoms with Crippen LogP contribution in [-0.4, -0.2) is 38.5 Å². The molecule has 7 heteroatoms. The van der Waals surface area contributed by atoms with Gasteiger partial charge in [-0.2, -0.15) is 5.26 Å². The summed E-state index contributed by atoms with van der Waals surface area (Å²) in [6, 6.07) is 15.2. The third kappa shape index (κ3) is 6.85. The molecule has 0 aromatic heterocycles. The quantitative estimate of drug-likeness (QED) is 0.314. The van der Waals surface area contributed by atoms with Gasteiger partial charge in [0.05, 0.1) is 31.3 Å². The van der Waals surface area contributed by atoms with Crippen LogP contribution in [0.1, 0.15) is 70.2 Å². The Morgan fingerprint density at radius 2 is 1.72 bits per heavy atom. The highest BCUT2D eigenvalue weighted by atomic mass is 35.5. The van der Waals surface area contributed by atoms with E-state index in [1.807, 2.05) is 38.1 Å². The summed E-state index contributed by atoms with van der Waals surface area (Å²) in [5, 5.41) is 10.4. The van der Waals surface area contributed by atoms with Gasteiger partial charge in [-0.05, 0) is 88.5 Å². The van der Waals surface area contributed by atoms with E-state index < -0.39 is 5.41 Å². The van der Waals surface area contributed by atoms with Gasteiger partial charge in [0.15, 0.2) is 6.79 Å². The third-order valence-corrected chi connectivity index (χ3v) is 7.07. The van der Waals surface area contributed by atoms with Crippen molar-refractivity contribution in [2.45, 2.75) is 65.5 Å². The summed E-state index contributed by atoms with van der Waals surface area (Å²) < 4.78 is 22.6. The van der Waals surface area contributed by atoms with Crippen LogP contribution in [0.5, 0.6) is 17.2 Å². The van der Waals surface area contributed by atoms with E-state index in [0.29, 0.717) is 26.6 Å². The van der Waals surface area contributed by atoms with Crippen LogP contribution in [0, 0.1) is 17.2 Å². The Hall–Kier alpha value is -2.46. The molecule has 1 aliphatic rings. The molecule has 2 unspecified atom stereocenters. The molecule has 3 rings (SSSR count). The zero-order valence-electron chi connectivity index (χ0n) is 22.5. The summed E-state index contributed by atoms with van der Waals surface area (Å²) in [6.07, 6.45) is 1.65. The van der Waals surface area contributed by atoms with Crippen LogP contribution < -0.4 is 14.2 Å². The van der Waals surface area contributed by atoms with Crippen LogP contribution >= 0.6 is 12.4 Å². The standard InChI is InChI=1S/C29H40N2O4.ClH/c1-7-33-26-15-25(16-27(17-26)34-8-2)29(19-30,21(3)4)12-9-13-31(6)22(5)23-10-11-28-24(14-23)18-32-20-35-28;/h10-11,14-17,21-22H,7-9,12-13,18,20H2,1-6H3;1H. The molecule has 2 aromatic rings. The molecule has 1 aliphatic heterocycles. The maximum absolute atomic E-state index is 10.4. The molecule has 0 bridgehead atoms. The van der Waals surface area contributed by atoms with Gasteiger partial charge in [-0.1, -0.05) is 19.9 Å². The second-order valence-electron chi connectivity index (χ2n) is 9.53. The Kier molecular flexibility index (Phi) is 11.4. The lowest BCUT2D eigenvalue weighted by Gasteiger charge is -2.33. The summed E-state index contributed by atoms with van der Waals surface area (Å²) in [6.45, 7) is 13.3. The van der Waals surface area contributed by atoms with Gasteiger partial charge in [-0.15, -0.1) is 12.4 Å². The molecule has 0 spiro atoms. The molecule has 0 radical (unpaired) electrons. The number of nitriles is 1. The van der Waals surface area contributed by atoms with E-state index in [9.17, 15) is 5.26 Å². The van der Waals surface area contributed by atoms with Crippen LogP contribution in [0.3, 0.4) is 0 Å². The van der Waals surface area contributed by atoms with Gasteiger partial charge < -0.3 is 18.9 Å². The predicted octanol–water partition coefficient (Wildman–Crippen LogP) is 6.66. The minimum Gasteiger partial charge on any atom is -0.494 e. The van der Waals surface area contributed by atoms with Crippen molar-refractivity contribution in [1.29, 1.82) is 5.26 Å². The average molecular weight is 517 g/mol. The summed E-state index contributed by atoms with van der Waals surface area (Å²) >= 11 is 0. The Bertz CT molecular complexity index is 999. The number of hydrogen-bond donors (Lipinski definition) is 0. The van der Waals surface area contributed by atoms with Crippen molar-refractivity contribution in [3.63, 3.8) is 0 Å². The second kappa shape index (κ2) is 13.7. The molecule has 198 valence electrons. The molecule has 6 nitrogen and oxygen atoms in total. The van der Waals surface area contributed by atoms with E-state index in [1.54, 1.807) is 0 Å². The van der Waals surface area contributed by atoms with Gasteiger partial charge >= 0.3 is 0 Å². The van der Waals surface area contributed by atoms with Crippen molar-refractivity contribution in [3.05, 3.63) is 53.1 Å². The van der Waals surface area contributed by atoms with Crippen molar-refractivity contribution in [2.75, 3.05) is 33.6 Å². The van der Waals surface area contributed by atoms with Crippen LogP contribution in [-0.2, 0) is 16.8 Å². The van der Waals surface area contributed by atoms with Gasteiger partial charge in [0.25, 0.3) is 0 Å². The molecule has 2 atom stereocenters. The summed E-state index contributed by atoms with van der Waals surface area (Å²) in [7, 11) is 2.14. The van der Waals surface area contributed by atoms with Gasteiger partial charge in [0.1, 0.15) is 17.2 Å². The Morgan fingerprint density at radius 1 is 1.06 bits per heavy atom. The first kappa shape index (κ1) is 29.8. The molecule has 0 aliphatic carbocycles. The molecular weight excluding hydrogens is 476 g/mol. The first-order valence-corrected chi connectivity index (χ1v) is 12.7. The fourth-order valence-corrected chi connectivity index (χ4v) is 4.77. The predicted molar refractivity (Wildman–Crippen MR) is 145 cm³/mol. The van der Waals surface area contributed by atoms with Crippen molar-refractivity contribution >= 4 is 12.4 Å². The minimum atomic E-state index is -0.621. The number of hydrogen-bond acceptors (Lipinski definition) is 6. The third-order valence-electron chi connectivity index (χ3n) is 7.07. The number of fused-ring (bicyclic) bond motifs is 1. The lowest BCUT2D eigenvalue weighted by atomic mass is 9.69. The fraction of sp³-hybridized carbons (Fsp3) is 0.552. The Balaban J connectivity index is 0.00000456. The lowest BCUT2D eigenvalue weighted by molar-refractivity contribution is -0.0164. The largest absolute Gasteiger partial charge is 0.494 e. The van der Waals surface area contributed by atoms with Crippen molar-refractivity contribution in [1.82, 2.24) is 4.90 Å². The van der Waals surface area contributed by atoms with Crippen LogP contribution in [0.15, 0.2) is 36.4 Å². The number of rotatable bonds is 12. The smallest absolute Gasteiger partial charge is 0.189 e. The Labute approximate surface area is 222 Å². The lowest BCUT2D eigenvalue weighted by Crippen LogP contribution is -2.33. The second-order valence-corrected chi connectivity index (χ2v) is 9.53. The van der Waals surface area contributed by atoms with Crippen molar-refractivity contribution < 1.29 is 18.9 Å². The molecule has 0 saturated heterocycles. The van der Waals surface area contributed by atoms with E-state index >= 15 is 0 Å². The minimum absolute atomic E-state index is 0. The van der Waals surface area contributed by atoms with Gasteiger partial charge in [-0.25, -0.2) is 0 Å². The van der Waals surface area contributed by atoms with Crippen LogP contribution in [0.4, 0.5) is 0 Å². The van der Waals surface area contributed by atoms with Crippen LogP contribution in [0.25, 0.3) is 0 Å². The molecule has 0 amide bonds. The van der Waals surface area contributed by atoms with Crippen molar-refractivity contribution in [2.24, 2.45) is 5.92 Å². The number of halogens is 1. The zero-order chi connectivity index (χ0) is 25.4. The van der Waals surface area contributed by atoms with Gasteiger partial charge in [0.2, 0.25) is 0 Å². The summed E-state index contributed by atoms with van der Waals surface area (Å²) in [5.41, 5.74) is 2.68. The maximum Gasteiger partial charge on any atom is 0.189 e. The zero-order valence-corrected chi connectivity index (χ0v) is 23.3. The molecular formula is C29H41ClN2O4. The van der Waals surface area contributed by atoms with E-state index in [2.05, 4.69) is 50.9 Å². The average Bonchev–Trinajstić information content (AvgIpc) is 2.86. The number of nitrogens with zero attached hydrogens (tertiary/aromatic N) is 2. The summed E-state index contributed by atoms with van der Waals surface area (Å²) in [4.78, 5) is 2.34. The van der Waals surface area contributed by atoms with E-state index in [4.69, 9.17) is 18.9 Å². The number of benzene rings is 2. The topological polar surface area (TPSA) is 64.0 Å². The normalized spacial score (nSPS) is 15.2. The van der Waals surface area contributed by atoms with E-state index in [1.165, 1.54) is 5.56 Å². The molecule has 0 saturated carbocycles. The van der Waals surface area contributed by atoms with Crippen LogP contribution in [0.2, 0.25) is 0 Å². The molecule has 36 heavy (non-hydrogen) atoms. The SMILES string of the molecule is CCOc1cc(OCC)cc(C(C#N)(CCCN(C)C(C)c2ccc3c(c2)COCO3)C(C)C)c1.Cl. The van der Waals surface area contributed by atoms with E-state index in [0.717, 1.165) is 47.8 Å². The highest BCUT2D eigenvalue weighted by Crippen LogP contribution is 2.40. The monoisotopic (exact) mass is 516 g/mol. The van der Waals surface area contributed by atoms with Gasteiger partial charge in [-0.3, -0.25) is 4.90 Å². The maximum atomic E-state index is 10.4. The molecule has 1 heterocycles. The Morgan fingerprint density at radius 3 is 2.31 bits per heavy atom. The van der Waals surface area contributed by atoms with E-state index in [-0.39, 0.29) is 24.4 Å². The fourth-order valence-electron chi connectivity index (χ4n) is 4.77. The van der Waals surface area contributed by atoms with Crippen molar-refractivity contribution in [3.8, 4) is 23.3 Å².